The third kappa shape index (κ3) is 4.21. The Morgan fingerprint density at radius 2 is 1.71 bits per heavy atom. The van der Waals surface area contributed by atoms with Gasteiger partial charge in [0.25, 0.3) is 0 Å². The molecule has 0 aromatic heterocycles. The second kappa shape index (κ2) is 6.69. The molecule has 0 unspecified atom stereocenters. The van der Waals surface area contributed by atoms with Crippen LogP contribution in [-0.4, -0.2) is 81.2 Å². The van der Waals surface area contributed by atoms with Crippen molar-refractivity contribution in [2.24, 2.45) is 5.73 Å². The highest BCUT2D eigenvalue weighted by atomic mass is 15.2. The summed E-state index contributed by atoms with van der Waals surface area (Å²) in [5.74, 6) is 0. The normalized spacial score (nSPS) is 21.4. The van der Waals surface area contributed by atoms with E-state index in [-0.39, 0.29) is 5.54 Å². The molecule has 1 aliphatic rings. The van der Waals surface area contributed by atoms with Crippen molar-refractivity contribution in [2.45, 2.75) is 24.8 Å². The maximum absolute atomic E-state index is 6.05. The Kier molecular flexibility index (Phi) is 5.86. The van der Waals surface area contributed by atoms with Crippen molar-refractivity contribution in [1.82, 2.24) is 14.7 Å². The lowest BCUT2D eigenvalue weighted by atomic mass is 9.86. The van der Waals surface area contributed by atoms with Crippen LogP contribution < -0.4 is 5.73 Å². The van der Waals surface area contributed by atoms with Crippen molar-refractivity contribution in [3.63, 3.8) is 0 Å². The van der Waals surface area contributed by atoms with E-state index in [1.807, 2.05) is 0 Å². The zero-order valence-corrected chi connectivity index (χ0v) is 12.1. The lowest BCUT2D eigenvalue weighted by Crippen LogP contribution is -2.57. The first-order valence-electron chi connectivity index (χ1n) is 6.75. The van der Waals surface area contributed by atoms with Crippen LogP contribution in [0.3, 0.4) is 0 Å². The average molecular weight is 242 g/mol. The van der Waals surface area contributed by atoms with Crippen LogP contribution in [0.2, 0.25) is 0 Å². The summed E-state index contributed by atoms with van der Waals surface area (Å²) in [5, 5.41) is 0. The summed E-state index contributed by atoms with van der Waals surface area (Å²) >= 11 is 0. The molecule has 1 aliphatic heterocycles. The van der Waals surface area contributed by atoms with E-state index in [1.54, 1.807) is 0 Å². The van der Waals surface area contributed by atoms with Crippen molar-refractivity contribution in [3.8, 4) is 0 Å². The van der Waals surface area contributed by atoms with Gasteiger partial charge in [0.2, 0.25) is 0 Å². The highest BCUT2D eigenvalue weighted by Gasteiger charge is 2.35. The van der Waals surface area contributed by atoms with Crippen molar-refractivity contribution in [1.29, 1.82) is 0 Å². The van der Waals surface area contributed by atoms with Crippen LogP contribution in [0, 0.1) is 0 Å². The van der Waals surface area contributed by atoms with Gasteiger partial charge in [-0.1, -0.05) is 0 Å². The largest absolute Gasteiger partial charge is 0.329 e. The summed E-state index contributed by atoms with van der Waals surface area (Å²) in [6.07, 6.45) is 3.64. The number of likely N-dealkylation sites (N-methyl/N-ethyl adjacent to an activating group) is 1. The van der Waals surface area contributed by atoms with Crippen LogP contribution >= 0.6 is 0 Å². The number of nitrogens with two attached hydrogens (primary N) is 1. The van der Waals surface area contributed by atoms with Crippen molar-refractivity contribution < 1.29 is 0 Å². The lowest BCUT2D eigenvalue weighted by Gasteiger charge is -2.46. The molecule has 0 amide bonds. The average Bonchev–Trinajstić information content (AvgIpc) is 2.30. The molecule has 0 aliphatic carbocycles. The number of hydrogen-bond acceptors (Lipinski definition) is 4. The van der Waals surface area contributed by atoms with Crippen LogP contribution in [0.5, 0.6) is 0 Å². The predicted octanol–water partition coefficient (Wildman–Crippen LogP) is 0.293. The Bertz CT molecular complexity index is 209. The minimum absolute atomic E-state index is 0.249. The predicted molar refractivity (Wildman–Crippen MR) is 74.3 cm³/mol. The quantitative estimate of drug-likeness (QED) is 0.726. The molecule has 0 spiro atoms. The van der Waals surface area contributed by atoms with Crippen molar-refractivity contribution in [2.75, 3.05) is 60.9 Å². The molecule has 102 valence electrons. The molecule has 4 nitrogen and oxygen atoms in total. The van der Waals surface area contributed by atoms with Gasteiger partial charge in [0.15, 0.2) is 0 Å². The summed E-state index contributed by atoms with van der Waals surface area (Å²) in [6, 6.07) is 0. The van der Waals surface area contributed by atoms with Gasteiger partial charge < -0.3 is 15.5 Å². The molecule has 0 bridgehead atoms. The summed E-state index contributed by atoms with van der Waals surface area (Å²) in [5.41, 5.74) is 6.29. The fourth-order valence-corrected chi connectivity index (χ4v) is 2.64. The van der Waals surface area contributed by atoms with Crippen molar-refractivity contribution >= 4 is 0 Å². The summed E-state index contributed by atoms with van der Waals surface area (Å²) in [4.78, 5) is 7.16. The molecule has 0 saturated carbocycles. The van der Waals surface area contributed by atoms with Gasteiger partial charge in [-0.05, 0) is 73.6 Å². The zero-order valence-electron chi connectivity index (χ0n) is 12.1. The van der Waals surface area contributed by atoms with E-state index in [1.165, 1.54) is 32.4 Å². The Morgan fingerprint density at radius 3 is 2.18 bits per heavy atom. The maximum atomic E-state index is 6.05. The number of nitrogens with zero attached hydrogens (tertiary/aromatic N) is 3. The van der Waals surface area contributed by atoms with Crippen LogP contribution in [0.25, 0.3) is 0 Å². The van der Waals surface area contributed by atoms with Crippen LogP contribution in [0.1, 0.15) is 19.3 Å². The minimum Gasteiger partial charge on any atom is -0.329 e. The van der Waals surface area contributed by atoms with Gasteiger partial charge in [0.1, 0.15) is 0 Å². The first-order valence-corrected chi connectivity index (χ1v) is 6.75. The summed E-state index contributed by atoms with van der Waals surface area (Å²) < 4.78 is 0. The van der Waals surface area contributed by atoms with E-state index < -0.39 is 0 Å². The van der Waals surface area contributed by atoms with Gasteiger partial charge in [-0.3, -0.25) is 4.90 Å². The second-order valence-corrected chi connectivity index (χ2v) is 5.81. The number of rotatable bonds is 6. The first kappa shape index (κ1) is 14.9. The summed E-state index contributed by atoms with van der Waals surface area (Å²) in [6.45, 7) is 5.45. The number of piperidine rings is 1. The Hall–Kier alpha value is -0.160. The zero-order chi connectivity index (χ0) is 12.9. The molecule has 4 heteroatoms. The summed E-state index contributed by atoms with van der Waals surface area (Å²) in [7, 11) is 8.71. The maximum Gasteiger partial charge on any atom is 0.0353 e. The molecule has 0 atom stereocenters. The SMILES string of the molecule is CN(C)CCCN(C)C1(CN)CCN(C)CC1. The standard InChI is InChI=1S/C13H30N4/c1-15(2)8-5-9-17(4)13(12-14)6-10-16(3)11-7-13/h5-12,14H2,1-4H3. The monoisotopic (exact) mass is 242 g/mol. The molecule has 1 heterocycles. The number of likely N-dealkylation sites (tertiary alicyclic amines) is 1. The molecular weight excluding hydrogens is 212 g/mol. The molecule has 1 rings (SSSR count). The Labute approximate surface area is 107 Å². The van der Waals surface area contributed by atoms with Crippen LogP contribution in [0.4, 0.5) is 0 Å². The van der Waals surface area contributed by atoms with Gasteiger partial charge in [0, 0.05) is 12.1 Å². The number of hydrogen-bond donors (Lipinski definition) is 1. The Morgan fingerprint density at radius 1 is 1.12 bits per heavy atom. The van der Waals surface area contributed by atoms with E-state index >= 15 is 0 Å². The molecule has 1 saturated heterocycles. The third-order valence-electron chi connectivity index (χ3n) is 4.21. The fourth-order valence-electron chi connectivity index (χ4n) is 2.64. The topological polar surface area (TPSA) is 35.7 Å². The first-order chi connectivity index (χ1) is 8.00. The van der Waals surface area contributed by atoms with E-state index in [0.29, 0.717) is 0 Å². The Balaban J connectivity index is 2.43. The van der Waals surface area contributed by atoms with E-state index in [9.17, 15) is 0 Å². The van der Waals surface area contributed by atoms with Gasteiger partial charge in [-0.2, -0.15) is 0 Å². The fraction of sp³-hybridized carbons (Fsp3) is 1.00. The van der Waals surface area contributed by atoms with Crippen molar-refractivity contribution in [3.05, 3.63) is 0 Å². The molecule has 1 fully saturated rings. The second-order valence-electron chi connectivity index (χ2n) is 5.81. The van der Waals surface area contributed by atoms with Crippen LogP contribution in [0.15, 0.2) is 0 Å². The molecule has 2 N–H and O–H groups in total. The molecule has 17 heavy (non-hydrogen) atoms. The molecule has 0 radical (unpaired) electrons. The van der Waals surface area contributed by atoms with Gasteiger partial charge in [-0.25, -0.2) is 0 Å². The van der Waals surface area contributed by atoms with Gasteiger partial charge in [0.05, 0.1) is 0 Å². The smallest absolute Gasteiger partial charge is 0.0353 e. The third-order valence-corrected chi connectivity index (χ3v) is 4.21. The highest BCUT2D eigenvalue weighted by Crippen LogP contribution is 2.26. The van der Waals surface area contributed by atoms with E-state index in [2.05, 4.69) is 42.9 Å². The van der Waals surface area contributed by atoms with E-state index in [0.717, 1.165) is 19.6 Å². The van der Waals surface area contributed by atoms with Gasteiger partial charge >= 0.3 is 0 Å². The minimum atomic E-state index is 0.249. The highest BCUT2D eigenvalue weighted by molar-refractivity contribution is 4.94. The molecule has 0 aromatic rings. The van der Waals surface area contributed by atoms with E-state index in [4.69, 9.17) is 5.73 Å². The van der Waals surface area contributed by atoms with Gasteiger partial charge in [-0.15, -0.1) is 0 Å². The van der Waals surface area contributed by atoms with Crippen LogP contribution in [-0.2, 0) is 0 Å². The lowest BCUT2D eigenvalue weighted by molar-refractivity contribution is 0.0520. The molecule has 0 aromatic carbocycles. The molecular formula is C13H30N4.